The van der Waals surface area contributed by atoms with Crippen molar-refractivity contribution in [2.24, 2.45) is 5.10 Å². The number of ether oxygens (including phenoxy) is 3. The Morgan fingerprint density at radius 2 is 1.88 bits per heavy atom. The molecular weight excluding hydrogens is 424 g/mol. The molecule has 0 aliphatic carbocycles. The number of nitrogens with zero attached hydrogens (tertiary/aromatic N) is 2. The Balaban J connectivity index is 1.51. The number of hydrazone groups is 1. The van der Waals surface area contributed by atoms with Gasteiger partial charge in [-0.2, -0.15) is 5.10 Å². The highest BCUT2D eigenvalue weighted by molar-refractivity contribution is 6.03. The highest BCUT2D eigenvalue weighted by Gasteiger charge is 2.35. The van der Waals surface area contributed by atoms with Gasteiger partial charge >= 0.3 is 5.97 Å². The fourth-order valence-corrected chi connectivity index (χ4v) is 3.60. The van der Waals surface area contributed by atoms with Crippen LogP contribution in [-0.4, -0.2) is 43.4 Å². The molecule has 8 nitrogen and oxygen atoms in total. The zero-order valence-corrected chi connectivity index (χ0v) is 18.6. The second-order valence-corrected chi connectivity index (χ2v) is 7.53. The zero-order chi connectivity index (χ0) is 23.4. The van der Waals surface area contributed by atoms with Crippen LogP contribution in [0.25, 0.3) is 0 Å². The Morgan fingerprint density at radius 3 is 2.55 bits per heavy atom. The lowest BCUT2D eigenvalue weighted by molar-refractivity contribution is -0.136. The molecule has 0 saturated carbocycles. The summed E-state index contributed by atoms with van der Waals surface area (Å²) in [6, 6.07) is 15.8. The summed E-state index contributed by atoms with van der Waals surface area (Å²) in [6.45, 7) is 1.53. The maximum atomic E-state index is 13.0. The van der Waals surface area contributed by atoms with E-state index in [1.54, 1.807) is 30.5 Å². The number of rotatable bonds is 7. The first-order valence-corrected chi connectivity index (χ1v) is 10.4. The Kier molecular flexibility index (Phi) is 6.44. The van der Waals surface area contributed by atoms with E-state index >= 15 is 0 Å². The van der Waals surface area contributed by atoms with Crippen molar-refractivity contribution in [3.8, 4) is 11.5 Å². The molecule has 0 N–H and O–H groups in total. The lowest BCUT2D eigenvalue weighted by Gasteiger charge is -2.19. The molecule has 33 heavy (non-hydrogen) atoms. The molecule has 1 amide bonds. The third-order valence-electron chi connectivity index (χ3n) is 5.38. The molecule has 4 rings (SSSR count). The first kappa shape index (κ1) is 22.1. The van der Waals surface area contributed by atoms with Crippen molar-refractivity contribution >= 4 is 17.6 Å². The molecule has 2 aromatic carbocycles. The molecule has 1 atom stereocenters. The van der Waals surface area contributed by atoms with Gasteiger partial charge in [0.25, 0.3) is 5.91 Å². The fourth-order valence-electron chi connectivity index (χ4n) is 3.60. The first-order valence-electron chi connectivity index (χ1n) is 10.4. The normalized spacial score (nSPS) is 15.2. The summed E-state index contributed by atoms with van der Waals surface area (Å²) in [6.07, 6.45) is 2.04. The summed E-state index contributed by atoms with van der Waals surface area (Å²) < 4.78 is 21.2. The van der Waals surface area contributed by atoms with Crippen molar-refractivity contribution in [1.29, 1.82) is 0 Å². The van der Waals surface area contributed by atoms with Gasteiger partial charge < -0.3 is 18.6 Å². The van der Waals surface area contributed by atoms with E-state index in [1.165, 1.54) is 25.3 Å². The van der Waals surface area contributed by atoms with Crippen LogP contribution in [0.1, 0.15) is 39.7 Å². The number of hydrogen-bond donors (Lipinski definition) is 0. The lowest BCUT2D eigenvalue weighted by Crippen LogP contribution is -2.31. The summed E-state index contributed by atoms with van der Waals surface area (Å²) >= 11 is 0. The van der Waals surface area contributed by atoms with E-state index in [4.69, 9.17) is 18.6 Å². The molecule has 1 aliphatic rings. The topological polar surface area (TPSA) is 90.6 Å². The van der Waals surface area contributed by atoms with Crippen molar-refractivity contribution in [2.75, 3.05) is 20.8 Å². The van der Waals surface area contributed by atoms with Crippen LogP contribution in [0.4, 0.5) is 0 Å². The number of methoxy groups -OCH3 is 2. The van der Waals surface area contributed by atoms with E-state index in [1.807, 2.05) is 31.2 Å². The smallest absolute Gasteiger partial charge is 0.342 e. The summed E-state index contributed by atoms with van der Waals surface area (Å²) in [5.41, 5.74) is 3.01. The summed E-state index contributed by atoms with van der Waals surface area (Å²) in [5.74, 6) is 0.299. The highest BCUT2D eigenvalue weighted by Crippen LogP contribution is 2.33. The second-order valence-electron chi connectivity index (χ2n) is 7.53. The van der Waals surface area contributed by atoms with Crippen molar-refractivity contribution < 1.29 is 28.2 Å². The average molecular weight is 448 g/mol. The number of hydrogen-bond acceptors (Lipinski definition) is 7. The van der Waals surface area contributed by atoms with Crippen molar-refractivity contribution in [3.63, 3.8) is 0 Å². The van der Waals surface area contributed by atoms with Crippen molar-refractivity contribution in [2.45, 2.75) is 19.4 Å². The van der Waals surface area contributed by atoms with Gasteiger partial charge in [0.05, 0.1) is 26.2 Å². The van der Waals surface area contributed by atoms with Crippen LogP contribution >= 0.6 is 0 Å². The predicted octanol–water partition coefficient (Wildman–Crippen LogP) is 4.14. The van der Waals surface area contributed by atoms with Gasteiger partial charge in [-0.3, -0.25) is 4.79 Å². The standard InChI is InChI=1S/C25H24N2O6/c1-16-6-8-17(9-7-16)20-14-21(22-5-4-12-32-22)27(26-20)24(28)15-33-25(29)19-11-10-18(30-2)13-23(19)31-3/h4-13,21H,14-15H2,1-3H3. The van der Waals surface area contributed by atoms with Gasteiger partial charge in [-0.15, -0.1) is 0 Å². The molecule has 8 heteroatoms. The SMILES string of the molecule is COc1ccc(C(=O)OCC(=O)N2N=C(c3ccc(C)cc3)CC2c2ccco2)c(OC)c1. The Bertz CT molecular complexity index is 1170. The maximum Gasteiger partial charge on any atom is 0.342 e. The van der Waals surface area contributed by atoms with Crippen LogP contribution in [-0.2, 0) is 9.53 Å². The molecule has 2 heterocycles. The predicted molar refractivity (Wildman–Crippen MR) is 120 cm³/mol. The van der Waals surface area contributed by atoms with E-state index in [-0.39, 0.29) is 5.56 Å². The summed E-state index contributed by atoms with van der Waals surface area (Å²) in [5, 5.41) is 5.87. The minimum absolute atomic E-state index is 0.193. The number of benzene rings is 2. The number of amides is 1. The summed E-state index contributed by atoms with van der Waals surface area (Å²) in [4.78, 5) is 25.6. The molecule has 0 fully saturated rings. The van der Waals surface area contributed by atoms with E-state index in [0.29, 0.717) is 23.7 Å². The average Bonchev–Trinajstić information content (AvgIpc) is 3.52. The number of carbonyl (C=O) groups is 2. The van der Waals surface area contributed by atoms with Gasteiger partial charge in [0, 0.05) is 12.5 Å². The minimum atomic E-state index is -0.681. The quantitative estimate of drug-likeness (QED) is 0.505. The molecule has 1 aromatic heterocycles. The van der Waals surface area contributed by atoms with Crippen LogP contribution in [0.2, 0.25) is 0 Å². The number of aryl methyl sites for hydroxylation is 1. The summed E-state index contributed by atoms with van der Waals surface area (Å²) in [7, 11) is 2.96. The van der Waals surface area contributed by atoms with E-state index < -0.39 is 24.5 Å². The first-order chi connectivity index (χ1) is 16.0. The molecule has 0 spiro atoms. The third-order valence-corrected chi connectivity index (χ3v) is 5.38. The minimum Gasteiger partial charge on any atom is -0.497 e. The number of furan rings is 1. The second kappa shape index (κ2) is 9.60. The van der Waals surface area contributed by atoms with Crippen molar-refractivity contribution in [3.05, 3.63) is 83.3 Å². The van der Waals surface area contributed by atoms with Crippen molar-refractivity contribution in [1.82, 2.24) is 5.01 Å². The highest BCUT2D eigenvalue weighted by atomic mass is 16.5. The Morgan fingerprint density at radius 1 is 1.09 bits per heavy atom. The molecule has 3 aromatic rings. The van der Waals surface area contributed by atoms with Crippen LogP contribution in [0.3, 0.4) is 0 Å². The Hall–Kier alpha value is -4.07. The van der Waals surface area contributed by atoms with E-state index in [2.05, 4.69) is 5.10 Å². The molecule has 0 saturated heterocycles. The number of carbonyl (C=O) groups excluding carboxylic acids is 2. The van der Waals surface area contributed by atoms with Gasteiger partial charge in [-0.05, 0) is 36.8 Å². The molecular formula is C25H24N2O6. The van der Waals surface area contributed by atoms with Gasteiger partial charge in [0.2, 0.25) is 0 Å². The molecule has 1 aliphatic heterocycles. The molecule has 1 unspecified atom stereocenters. The van der Waals surface area contributed by atoms with Gasteiger partial charge in [-0.1, -0.05) is 29.8 Å². The fraction of sp³-hybridized carbons (Fsp3) is 0.240. The van der Waals surface area contributed by atoms with Gasteiger partial charge in [0.1, 0.15) is 28.9 Å². The van der Waals surface area contributed by atoms with Crippen LogP contribution < -0.4 is 9.47 Å². The molecule has 0 radical (unpaired) electrons. The monoisotopic (exact) mass is 448 g/mol. The van der Waals surface area contributed by atoms with Gasteiger partial charge in [-0.25, -0.2) is 9.80 Å². The van der Waals surface area contributed by atoms with Crippen LogP contribution in [0.15, 0.2) is 70.4 Å². The van der Waals surface area contributed by atoms with Gasteiger partial charge in [0.15, 0.2) is 6.61 Å². The van der Waals surface area contributed by atoms with Crippen LogP contribution in [0, 0.1) is 6.92 Å². The Labute approximate surface area is 191 Å². The largest absolute Gasteiger partial charge is 0.497 e. The van der Waals surface area contributed by atoms with E-state index in [9.17, 15) is 9.59 Å². The third kappa shape index (κ3) is 4.74. The van der Waals surface area contributed by atoms with Crippen LogP contribution in [0.5, 0.6) is 11.5 Å². The molecule has 170 valence electrons. The maximum absolute atomic E-state index is 13.0. The zero-order valence-electron chi connectivity index (χ0n) is 18.6. The number of esters is 1. The van der Waals surface area contributed by atoms with E-state index in [0.717, 1.165) is 16.8 Å². The lowest BCUT2D eigenvalue weighted by atomic mass is 10.0. The molecule has 0 bridgehead atoms.